The Morgan fingerprint density at radius 2 is 2.14 bits per heavy atom. The highest BCUT2D eigenvalue weighted by atomic mass is 19.3. The predicted molar refractivity (Wildman–Crippen MR) is 106 cm³/mol. The van der Waals surface area contributed by atoms with Gasteiger partial charge in [0.05, 0.1) is 23.2 Å². The number of amides is 1. The van der Waals surface area contributed by atoms with E-state index in [0.29, 0.717) is 40.4 Å². The summed E-state index contributed by atoms with van der Waals surface area (Å²) in [6.45, 7) is 3.37. The number of rotatable bonds is 7. The summed E-state index contributed by atoms with van der Waals surface area (Å²) < 4.78 is 27.8. The van der Waals surface area contributed by atoms with Crippen molar-refractivity contribution in [2.75, 3.05) is 13.1 Å². The fraction of sp³-hybridized carbons (Fsp3) is 0.429. The van der Waals surface area contributed by atoms with Gasteiger partial charge >= 0.3 is 0 Å². The topological polar surface area (TPSA) is 63.9 Å². The van der Waals surface area contributed by atoms with Gasteiger partial charge in [-0.1, -0.05) is 13.0 Å². The highest BCUT2D eigenvalue weighted by molar-refractivity contribution is 6.06. The highest BCUT2D eigenvalue weighted by Gasteiger charge is 2.30. The first-order valence-electron chi connectivity index (χ1n) is 9.88. The Hall–Kier alpha value is -2.90. The van der Waals surface area contributed by atoms with E-state index in [1.54, 1.807) is 23.9 Å². The van der Waals surface area contributed by atoms with E-state index in [4.69, 9.17) is 4.98 Å². The second kappa shape index (κ2) is 7.85. The van der Waals surface area contributed by atoms with Crippen molar-refractivity contribution >= 4 is 16.9 Å². The van der Waals surface area contributed by atoms with Gasteiger partial charge in [0.1, 0.15) is 0 Å². The van der Waals surface area contributed by atoms with Crippen LogP contribution in [-0.2, 0) is 0 Å². The number of carbonyl (C=O) groups is 1. The molecule has 0 saturated heterocycles. The molecule has 3 aromatic heterocycles. The van der Waals surface area contributed by atoms with Crippen molar-refractivity contribution < 1.29 is 13.6 Å². The second-order valence-electron chi connectivity index (χ2n) is 7.39. The maximum atomic E-state index is 13.3. The van der Waals surface area contributed by atoms with Gasteiger partial charge in [-0.3, -0.25) is 4.79 Å². The molecule has 6 nitrogen and oxygen atoms in total. The summed E-state index contributed by atoms with van der Waals surface area (Å²) >= 11 is 0. The number of halogens is 2. The Kier molecular flexibility index (Phi) is 5.25. The molecule has 0 unspecified atom stereocenters. The normalized spacial score (nSPS) is 14.0. The average Bonchev–Trinajstić information content (AvgIpc) is 3.51. The molecule has 0 spiro atoms. The Morgan fingerprint density at radius 1 is 1.34 bits per heavy atom. The molecule has 29 heavy (non-hydrogen) atoms. The Morgan fingerprint density at radius 3 is 2.76 bits per heavy atom. The number of aryl methyl sites for hydroxylation is 1. The summed E-state index contributed by atoms with van der Waals surface area (Å²) in [5.74, 6) is 0.501. The van der Waals surface area contributed by atoms with Crippen LogP contribution in [0, 0.1) is 6.92 Å². The van der Waals surface area contributed by atoms with Crippen LogP contribution in [0.1, 0.15) is 53.8 Å². The van der Waals surface area contributed by atoms with E-state index >= 15 is 0 Å². The minimum atomic E-state index is -2.58. The highest BCUT2D eigenvalue weighted by Crippen LogP contribution is 2.41. The quantitative estimate of drug-likeness (QED) is 0.600. The molecule has 152 valence electrons. The van der Waals surface area contributed by atoms with Crippen LogP contribution in [-0.4, -0.2) is 50.1 Å². The molecule has 0 atom stereocenters. The van der Waals surface area contributed by atoms with Crippen LogP contribution in [0.2, 0.25) is 0 Å². The van der Waals surface area contributed by atoms with Crippen molar-refractivity contribution in [1.82, 2.24) is 24.6 Å². The standard InChI is InChI=1S/C21H23F2N5O/c1-3-10-27(12-17(22)23)21(29)15-11-16(14-7-8-14)25-20-19(15)13(2)26-28(20)18-6-4-5-9-24-18/h4-6,9,11,14,17H,3,7-8,10,12H2,1-2H3. The van der Waals surface area contributed by atoms with Crippen LogP contribution in [0.15, 0.2) is 30.5 Å². The molecule has 0 radical (unpaired) electrons. The lowest BCUT2D eigenvalue weighted by atomic mass is 10.1. The second-order valence-corrected chi connectivity index (χ2v) is 7.39. The minimum Gasteiger partial charge on any atom is -0.333 e. The lowest BCUT2D eigenvalue weighted by Gasteiger charge is -2.22. The number of aromatic nitrogens is 4. The molecule has 0 aromatic carbocycles. The first kappa shape index (κ1) is 19.4. The number of carbonyl (C=O) groups excluding carboxylic acids is 1. The van der Waals surface area contributed by atoms with E-state index in [0.717, 1.165) is 18.5 Å². The third-order valence-corrected chi connectivity index (χ3v) is 5.06. The fourth-order valence-corrected chi connectivity index (χ4v) is 3.59. The van der Waals surface area contributed by atoms with Gasteiger partial charge in [0.25, 0.3) is 12.3 Å². The Labute approximate surface area is 167 Å². The summed E-state index contributed by atoms with van der Waals surface area (Å²) in [6.07, 6.45) is 1.72. The van der Waals surface area contributed by atoms with Crippen molar-refractivity contribution in [2.45, 2.75) is 45.5 Å². The monoisotopic (exact) mass is 399 g/mol. The first-order valence-corrected chi connectivity index (χ1v) is 9.88. The maximum absolute atomic E-state index is 13.3. The zero-order chi connectivity index (χ0) is 20.5. The molecule has 3 aromatic rings. The molecule has 0 N–H and O–H groups in total. The molecule has 3 heterocycles. The summed E-state index contributed by atoms with van der Waals surface area (Å²) in [5.41, 5.74) is 2.37. The molecule has 1 amide bonds. The van der Waals surface area contributed by atoms with Crippen molar-refractivity contribution in [1.29, 1.82) is 0 Å². The average molecular weight is 399 g/mol. The van der Waals surface area contributed by atoms with E-state index in [2.05, 4.69) is 10.1 Å². The summed E-state index contributed by atoms with van der Waals surface area (Å²) in [5, 5.41) is 5.16. The number of fused-ring (bicyclic) bond motifs is 1. The first-order chi connectivity index (χ1) is 14.0. The van der Waals surface area contributed by atoms with E-state index in [-0.39, 0.29) is 6.54 Å². The van der Waals surface area contributed by atoms with E-state index in [1.165, 1.54) is 4.90 Å². The number of hydrogen-bond acceptors (Lipinski definition) is 4. The van der Waals surface area contributed by atoms with Crippen molar-refractivity contribution in [3.8, 4) is 5.82 Å². The molecule has 0 bridgehead atoms. The van der Waals surface area contributed by atoms with Gasteiger partial charge in [-0.2, -0.15) is 9.78 Å². The summed E-state index contributed by atoms with van der Waals surface area (Å²) in [7, 11) is 0. The van der Waals surface area contributed by atoms with Gasteiger partial charge in [-0.25, -0.2) is 18.7 Å². The van der Waals surface area contributed by atoms with Crippen molar-refractivity contribution in [3.63, 3.8) is 0 Å². The number of nitrogens with zero attached hydrogens (tertiary/aromatic N) is 5. The molecule has 1 fully saturated rings. The van der Waals surface area contributed by atoms with Crippen LogP contribution >= 0.6 is 0 Å². The third-order valence-electron chi connectivity index (χ3n) is 5.06. The number of alkyl halides is 2. The Balaban J connectivity index is 1.89. The molecule has 1 saturated carbocycles. The fourth-order valence-electron chi connectivity index (χ4n) is 3.59. The van der Waals surface area contributed by atoms with E-state index in [1.807, 2.05) is 25.1 Å². The van der Waals surface area contributed by atoms with E-state index < -0.39 is 18.9 Å². The van der Waals surface area contributed by atoms with Crippen LogP contribution in [0.25, 0.3) is 16.9 Å². The maximum Gasteiger partial charge on any atom is 0.255 e. The smallest absolute Gasteiger partial charge is 0.255 e. The van der Waals surface area contributed by atoms with Crippen LogP contribution < -0.4 is 0 Å². The van der Waals surface area contributed by atoms with Crippen molar-refractivity contribution in [2.24, 2.45) is 0 Å². The molecule has 1 aliphatic carbocycles. The molecule has 4 rings (SSSR count). The predicted octanol–water partition coefficient (Wildman–Crippen LogP) is 4.12. The van der Waals surface area contributed by atoms with Crippen LogP contribution in [0.4, 0.5) is 8.78 Å². The molecule has 1 aliphatic rings. The SMILES string of the molecule is CCCN(CC(F)F)C(=O)c1cc(C2CC2)nc2c1c(C)nn2-c1ccccn1. The summed E-state index contributed by atoms with van der Waals surface area (Å²) in [4.78, 5) is 23.7. The lowest BCUT2D eigenvalue weighted by Crippen LogP contribution is -2.36. The third kappa shape index (κ3) is 3.83. The van der Waals surface area contributed by atoms with Gasteiger partial charge in [-0.05, 0) is 44.4 Å². The van der Waals surface area contributed by atoms with Crippen molar-refractivity contribution in [3.05, 3.63) is 47.4 Å². The zero-order valence-corrected chi connectivity index (χ0v) is 16.5. The van der Waals surface area contributed by atoms with Gasteiger partial charge in [0, 0.05) is 24.4 Å². The zero-order valence-electron chi connectivity index (χ0n) is 16.5. The molecular weight excluding hydrogens is 376 g/mol. The van der Waals surface area contributed by atoms with Gasteiger partial charge in [0.15, 0.2) is 11.5 Å². The van der Waals surface area contributed by atoms with Gasteiger partial charge in [-0.15, -0.1) is 0 Å². The number of pyridine rings is 2. The van der Waals surface area contributed by atoms with E-state index in [9.17, 15) is 13.6 Å². The largest absolute Gasteiger partial charge is 0.333 e. The molecule has 8 heteroatoms. The molecule has 0 aliphatic heterocycles. The van der Waals surface area contributed by atoms with Gasteiger partial charge < -0.3 is 4.90 Å². The minimum absolute atomic E-state index is 0.277. The van der Waals surface area contributed by atoms with Gasteiger partial charge in [0.2, 0.25) is 0 Å². The number of hydrogen-bond donors (Lipinski definition) is 0. The summed E-state index contributed by atoms with van der Waals surface area (Å²) in [6, 6.07) is 7.26. The van der Waals surface area contributed by atoms with Crippen LogP contribution in [0.3, 0.4) is 0 Å². The van der Waals surface area contributed by atoms with Crippen LogP contribution in [0.5, 0.6) is 0 Å². The lowest BCUT2D eigenvalue weighted by molar-refractivity contribution is 0.0557. The Bertz CT molecular complexity index is 1030. The molecular formula is C21H23F2N5O.